The molecule has 12 aromatic carbocycles. The molecule has 0 radical (unpaired) electrons. The molecule has 4 N–H and O–H groups in total. The average molecular weight is 1700 g/mol. The van der Waals surface area contributed by atoms with Gasteiger partial charge in [-0.05, 0) is 205 Å². The van der Waals surface area contributed by atoms with Crippen LogP contribution in [-0.4, -0.2) is 115 Å². The minimum absolute atomic E-state index is 0.107. The molecule has 2 aliphatic heterocycles. The van der Waals surface area contributed by atoms with Gasteiger partial charge >= 0.3 is 0 Å². The summed E-state index contributed by atoms with van der Waals surface area (Å²) in [6.45, 7) is 7.61. The minimum atomic E-state index is -4.27. The number of fused-ring (bicyclic) bond motifs is 12. The molecule has 624 valence electrons. The van der Waals surface area contributed by atoms with Crippen molar-refractivity contribution in [3.63, 3.8) is 0 Å². The number of hydrogen-bond donors (Lipinski definition) is 4. The Hall–Kier alpha value is -12.0. The quantitative estimate of drug-likeness (QED) is 0.0490. The maximum absolute atomic E-state index is 15.4. The van der Waals surface area contributed by atoms with Gasteiger partial charge in [0.1, 0.15) is 0 Å². The van der Waals surface area contributed by atoms with E-state index in [-0.39, 0.29) is 19.6 Å². The standard InChI is InChI=1S/2C46H44N2O8S2.2CH4O/c2*1-28-15-20-31(21-16-28)57(49,50)47-37-13-9-7-11-33(37)45-44-34-12-8-10-14-38(34)48(58(51,52)32-22-17-29(2)18-23-32)46(45)36-27-42(56-6)41(55-5)26-35(36)43(44)30-19-24-39(53-3)40(25-30)54-4;2*1-2/h2*7-27,43-47H,1-6H3;2*2H,1H3/t2*43-,44+,45+,46-;;/m10../s1. The van der Waals surface area contributed by atoms with Crippen molar-refractivity contribution >= 4 is 62.8 Å². The van der Waals surface area contributed by atoms with Gasteiger partial charge in [-0.25, -0.2) is 33.7 Å². The number of anilines is 4. The van der Waals surface area contributed by atoms with Gasteiger partial charge in [-0.1, -0.05) is 156 Å². The lowest BCUT2D eigenvalue weighted by Crippen LogP contribution is -2.48. The molecule has 12 aromatic rings. The fraction of sp³-hybridized carbons (Fsp3) is 0.234. The predicted molar refractivity (Wildman–Crippen MR) is 466 cm³/mol. The molecule has 0 spiro atoms. The summed E-state index contributed by atoms with van der Waals surface area (Å²) < 4.78 is 173. The number of aryl methyl sites for hydroxylation is 4. The number of aliphatic hydroxyl groups is 2. The van der Waals surface area contributed by atoms with Crippen molar-refractivity contribution in [1.29, 1.82) is 0 Å². The maximum atomic E-state index is 15.4. The van der Waals surface area contributed by atoms with Gasteiger partial charge in [0, 0.05) is 49.7 Å². The Bertz CT molecular complexity index is 5860. The zero-order valence-corrected chi connectivity index (χ0v) is 72.1. The average Bonchev–Trinajstić information content (AvgIpc) is 0.692. The van der Waals surface area contributed by atoms with Crippen molar-refractivity contribution in [3.8, 4) is 46.0 Å². The van der Waals surface area contributed by atoms with Crippen LogP contribution in [0.15, 0.2) is 274 Å². The molecule has 16 rings (SSSR count). The lowest BCUT2D eigenvalue weighted by Gasteiger charge is -2.54. The first-order chi connectivity index (χ1) is 57.8. The Labute approximate surface area is 702 Å². The Morgan fingerprint density at radius 3 is 0.825 bits per heavy atom. The topological polar surface area (TPSA) is 281 Å². The number of nitrogens with zero attached hydrogens (tertiary/aromatic N) is 2. The van der Waals surface area contributed by atoms with Crippen LogP contribution >= 0.6 is 0 Å². The Morgan fingerprint density at radius 2 is 0.525 bits per heavy atom. The smallest absolute Gasteiger partial charge is 0.264 e. The van der Waals surface area contributed by atoms with Gasteiger partial charge in [0.2, 0.25) is 0 Å². The van der Waals surface area contributed by atoms with E-state index in [1.54, 1.807) is 178 Å². The number of para-hydroxylation sites is 4. The predicted octanol–water partition coefficient (Wildman–Crippen LogP) is 17.4. The van der Waals surface area contributed by atoms with E-state index in [2.05, 4.69) is 9.44 Å². The summed E-state index contributed by atoms with van der Waals surface area (Å²) in [6, 6.07) is 74.0. The molecule has 0 fully saturated rings. The van der Waals surface area contributed by atoms with Crippen LogP contribution in [0.4, 0.5) is 22.7 Å². The highest BCUT2D eigenvalue weighted by molar-refractivity contribution is 7.93. The molecule has 0 saturated carbocycles. The summed E-state index contributed by atoms with van der Waals surface area (Å²) in [5.41, 5.74) is 13.0. The monoisotopic (exact) mass is 1700 g/mol. The molecular formula is C94H96N4O18S4. The van der Waals surface area contributed by atoms with Crippen molar-refractivity contribution in [3.05, 3.63) is 333 Å². The molecule has 8 atom stereocenters. The van der Waals surface area contributed by atoms with Crippen LogP contribution in [-0.2, 0) is 40.1 Å². The SMILES string of the molecule is CO.CO.COc1ccc([C@@H]2c3cc(OC)c(OC)cc3[C@@H]3[C@@H](c4ccccc4NS(=O)(=O)c4ccc(C)cc4)[C@H]2c2ccccc2N3S(=O)(=O)c2ccc(C)cc2)cc1OC.COc1ccc([C@H]2c3cc(OC)c(OC)cc3[C@H]3[C@H](c4ccccc4NS(=O)(=O)c4ccc(C)cc4)[C@@H]2c2ccccc2N3S(=O)(=O)c2ccc(C)cc2)cc1OC. The van der Waals surface area contributed by atoms with Gasteiger partial charge in [-0.15, -0.1) is 0 Å². The molecule has 120 heavy (non-hydrogen) atoms. The number of ether oxygens (including phenoxy) is 8. The highest BCUT2D eigenvalue weighted by Gasteiger charge is 2.58. The summed E-state index contributed by atoms with van der Waals surface area (Å²) in [5, 5.41) is 14.0. The second-order valence-corrected chi connectivity index (χ2v) is 36.2. The van der Waals surface area contributed by atoms with Crippen LogP contribution in [0, 0.1) is 27.7 Å². The number of aliphatic hydroxyl groups excluding tert-OH is 2. The second kappa shape index (κ2) is 35.5. The molecule has 26 heteroatoms. The van der Waals surface area contributed by atoms with Crippen LogP contribution in [0.3, 0.4) is 0 Å². The molecule has 0 amide bonds. The fourth-order valence-electron chi connectivity index (χ4n) is 17.4. The third kappa shape index (κ3) is 15.8. The highest BCUT2D eigenvalue weighted by Crippen LogP contribution is 2.69. The third-order valence-electron chi connectivity index (χ3n) is 22.7. The van der Waals surface area contributed by atoms with E-state index in [0.29, 0.717) is 91.0 Å². The van der Waals surface area contributed by atoms with E-state index in [9.17, 15) is 16.8 Å². The lowest BCUT2D eigenvalue weighted by molar-refractivity contribution is 0.341. The fourth-order valence-corrected chi connectivity index (χ4v) is 22.9. The number of methoxy groups -OCH3 is 8. The summed E-state index contributed by atoms with van der Waals surface area (Å²) in [4.78, 5) is 0.470. The molecule has 2 heterocycles. The largest absolute Gasteiger partial charge is 0.493 e. The third-order valence-corrected chi connectivity index (χ3v) is 29.1. The second-order valence-electron chi connectivity index (χ2n) is 29.2. The van der Waals surface area contributed by atoms with Gasteiger partial charge in [-0.2, -0.15) is 0 Å². The van der Waals surface area contributed by atoms with Crippen molar-refractivity contribution < 1.29 is 81.8 Å². The Kier molecular flexibility index (Phi) is 25.4. The molecule has 0 aromatic heterocycles. The molecule has 22 nitrogen and oxygen atoms in total. The van der Waals surface area contributed by atoms with Gasteiger partial charge < -0.3 is 48.1 Å². The maximum Gasteiger partial charge on any atom is 0.264 e. The van der Waals surface area contributed by atoms with E-state index >= 15 is 16.8 Å². The van der Waals surface area contributed by atoms with Crippen LogP contribution in [0.2, 0.25) is 0 Å². The van der Waals surface area contributed by atoms with E-state index < -0.39 is 87.7 Å². The lowest BCUT2D eigenvalue weighted by atomic mass is 9.58. The van der Waals surface area contributed by atoms with Crippen molar-refractivity contribution in [2.45, 2.75) is 94.9 Å². The van der Waals surface area contributed by atoms with Crippen LogP contribution in [0.1, 0.15) is 125 Å². The molecular weight excluding hydrogens is 1600 g/mol. The first-order valence-corrected chi connectivity index (χ1v) is 44.3. The Balaban J connectivity index is 0.000000199. The summed E-state index contributed by atoms with van der Waals surface area (Å²) in [5.74, 6) is 0.911. The number of hydrogen-bond acceptors (Lipinski definition) is 18. The number of nitrogens with one attached hydrogen (secondary N) is 2. The summed E-state index contributed by atoms with van der Waals surface area (Å²) in [7, 11) is -2.12. The first kappa shape index (κ1) is 85.8. The van der Waals surface area contributed by atoms with E-state index in [0.717, 1.165) is 69.9 Å². The minimum Gasteiger partial charge on any atom is -0.493 e. The molecule has 0 saturated heterocycles. The van der Waals surface area contributed by atoms with E-state index in [1.165, 1.54) is 8.61 Å². The summed E-state index contributed by atoms with van der Waals surface area (Å²) in [6.07, 6.45) is 0. The van der Waals surface area contributed by atoms with Crippen LogP contribution in [0.25, 0.3) is 0 Å². The first-order valence-electron chi connectivity index (χ1n) is 38.4. The molecule has 0 unspecified atom stereocenters. The van der Waals surface area contributed by atoms with Crippen LogP contribution in [0.5, 0.6) is 46.0 Å². The zero-order valence-electron chi connectivity index (χ0n) is 68.8. The zero-order chi connectivity index (χ0) is 85.9. The normalized spacial score (nSPS) is 17.9. The van der Waals surface area contributed by atoms with Crippen molar-refractivity contribution in [2.75, 3.05) is 89.2 Å². The van der Waals surface area contributed by atoms with Crippen molar-refractivity contribution in [1.82, 2.24) is 0 Å². The van der Waals surface area contributed by atoms with Gasteiger partial charge in [0.25, 0.3) is 40.1 Å². The molecule has 2 aliphatic carbocycles. The van der Waals surface area contributed by atoms with E-state index in [1.807, 2.05) is 161 Å². The summed E-state index contributed by atoms with van der Waals surface area (Å²) >= 11 is 0. The van der Waals surface area contributed by atoms with Gasteiger partial charge in [0.15, 0.2) is 46.0 Å². The highest BCUT2D eigenvalue weighted by atomic mass is 32.2. The molecule has 4 aliphatic rings. The Morgan fingerprint density at radius 1 is 0.267 bits per heavy atom. The van der Waals surface area contributed by atoms with E-state index in [4.69, 9.17) is 48.1 Å². The number of rotatable bonds is 22. The van der Waals surface area contributed by atoms with Crippen LogP contribution < -0.4 is 55.9 Å². The number of benzene rings is 12. The number of sulfonamides is 4. The van der Waals surface area contributed by atoms with Gasteiger partial charge in [0.05, 0.1) is 111 Å². The molecule has 4 bridgehead atoms. The van der Waals surface area contributed by atoms with Crippen molar-refractivity contribution in [2.24, 2.45) is 0 Å². The van der Waals surface area contributed by atoms with Gasteiger partial charge in [-0.3, -0.25) is 18.1 Å².